The first-order chi connectivity index (χ1) is 10.6. The quantitative estimate of drug-likeness (QED) is 0.798. The van der Waals surface area contributed by atoms with Gasteiger partial charge in [0.2, 0.25) is 0 Å². The molecular weight excluding hydrogens is 325 g/mol. The Kier molecular flexibility index (Phi) is 4.04. The summed E-state index contributed by atoms with van der Waals surface area (Å²) in [7, 11) is 0. The molecule has 1 N–H and O–H groups in total. The maximum atomic E-state index is 12.3. The molecule has 0 saturated heterocycles. The normalized spacial score (nSPS) is 10.5. The number of rotatable bonds is 3. The molecule has 1 heterocycles. The van der Waals surface area contributed by atoms with Crippen LogP contribution < -0.4 is 5.32 Å². The molecule has 6 nitrogen and oxygen atoms in total. The first-order valence-electron chi connectivity index (χ1n) is 6.24. The van der Waals surface area contributed by atoms with E-state index in [1.165, 1.54) is 17.1 Å². The van der Waals surface area contributed by atoms with Gasteiger partial charge in [-0.1, -0.05) is 35.3 Å². The molecule has 0 bridgehead atoms. The molecule has 0 aliphatic heterocycles. The highest BCUT2D eigenvalue weighted by molar-refractivity contribution is 6.42. The number of carbonyl (C=O) groups excluding carboxylic acids is 1. The molecule has 3 aromatic rings. The van der Waals surface area contributed by atoms with E-state index in [9.17, 15) is 4.79 Å². The number of anilines is 1. The van der Waals surface area contributed by atoms with Gasteiger partial charge in [-0.05, 0) is 40.8 Å². The van der Waals surface area contributed by atoms with E-state index >= 15 is 0 Å². The minimum atomic E-state index is -0.306. The van der Waals surface area contributed by atoms with E-state index in [1.807, 2.05) is 6.07 Å². The average molecular weight is 334 g/mol. The summed E-state index contributed by atoms with van der Waals surface area (Å²) < 4.78 is 1.46. The van der Waals surface area contributed by atoms with E-state index in [1.54, 1.807) is 30.3 Å². The van der Waals surface area contributed by atoms with E-state index in [4.69, 9.17) is 23.2 Å². The van der Waals surface area contributed by atoms with Crippen molar-refractivity contribution in [2.75, 3.05) is 5.32 Å². The van der Waals surface area contributed by atoms with E-state index in [-0.39, 0.29) is 5.91 Å². The second kappa shape index (κ2) is 6.13. The van der Waals surface area contributed by atoms with Crippen molar-refractivity contribution < 1.29 is 4.79 Å². The van der Waals surface area contributed by atoms with E-state index in [2.05, 4.69) is 20.8 Å². The van der Waals surface area contributed by atoms with Crippen LogP contribution in [0.1, 0.15) is 10.4 Å². The largest absolute Gasteiger partial charge is 0.320 e. The molecule has 0 saturated carbocycles. The summed E-state index contributed by atoms with van der Waals surface area (Å²) in [6.45, 7) is 0. The third kappa shape index (κ3) is 2.93. The van der Waals surface area contributed by atoms with Crippen LogP contribution in [-0.2, 0) is 0 Å². The first kappa shape index (κ1) is 14.5. The molecule has 0 spiro atoms. The molecule has 0 aliphatic carbocycles. The Balaban J connectivity index is 1.90. The van der Waals surface area contributed by atoms with Crippen LogP contribution in [0, 0.1) is 0 Å². The molecule has 3 rings (SSSR count). The fourth-order valence-electron chi connectivity index (χ4n) is 1.88. The lowest BCUT2D eigenvalue weighted by Crippen LogP contribution is -2.14. The smallest absolute Gasteiger partial charge is 0.255 e. The number of hydrogen-bond acceptors (Lipinski definition) is 4. The number of nitrogens with zero attached hydrogens (tertiary/aromatic N) is 4. The van der Waals surface area contributed by atoms with Crippen LogP contribution in [0.25, 0.3) is 5.69 Å². The first-order valence-corrected chi connectivity index (χ1v) is 6.99. The van der Waals surface area contributed by atoms with Crippen LogP contribution in [0.3, 0.4) is 0 Å². The minimum Gasteiger partial charge on any atom is -0.320 e. The number of hydrogen-bond donors (Lipinski definition) is 1. The highest BCUT2D eigenvalue weighted by atomic mass is 35.5. The summed E-state index contributed by atoms with van der Waals surface area (Å²) in [6, 6.07) is 11.9. The van der Waals surface area contributed by atoms with E-state index in [0.717, 1.165) is 0 Å². The SMILES string of the molecule is O=C(Nc1ccccc1-n1cnnn1)c1ccc(Cl)c(Cl)c1. The second-order valence-electron chi connectivity index (χ2n) is 4.35. The molecule has 0 fully saturated rings. The molecule has 8 heteroatoms. The average Bonchev–Trinajstić information content (AvgIpc) is 3.04. The lowest BCUT2D eigenvalue weighted by atomic mass is 10.2. The lowest BCUT2D eigenvalue weighted by Gasteiger charge is -2.10. The van der Waals surface area contributed by atoms with Crippen molar-refractivity contribution in [2.24, 2.45) is 0 Å². The van der Waals surface area contributed by atoms with E-state index < -0.39 is 0 Å². The number of carbonyl (C=O) groups is 1. The number of nitrogens with one attached hydrogen (secondary N) is 1. The Morgan fingerprint density at radius 1 is 1.09 bits per heavy atom. The predicted octanol–water partition coefficient (Wildman–Crippen LogP) is 3.22. The Morgan fingerprint density at radius 2 is 1.91 bits per heavy atom. The van der Waals surface area contributed by atoms with Crippen molar-refractivity contribution >= 4 is 34.8 Å². The highest BCUT2D eigenvalue weighted by Crippen LogP contribution is 2.24. The maximum Gasteiger partial charge on any atom is 0.255 e. The summed E-state index contributed by atoms with van der Waals surface area (Å²) >= 11 is 11.8. The molecule has 22 heavy (non-hydrogen) atoms. The molecule has 1 amide bonds. The lowest BCUT2D eigenvalue weighted by molar-refractivity contribution is 0.102. The summed E-state index contributed by atoms with van der Waals surface area (Å²) in [5.41, 5.74) is 1.63. The van der Waals surface area contributed by atoms with Gasteiger partial charge in [-0.25, -0.2) is 0 Å². The van der Waals surface area contributed by atoms with Gasteiger partial charge in [-0.2, -0.15) is 4.68 Å². The van der Waals surface area contributed by atoms with Crippen LogP contribution in [0.4, 0.5) is 5.69 Å². The number of amides is 1. The van der Waals surface area contributed by atoms with Crippen molar-refractivity contribution in [3.8, 4) is 5.69 Å². The number of tetrazole rings is 1. The molecular formula is C14H9Cl2N5O. The zero-order valence-electron chi connectivity index (χ0n) is 11.1. The predicted molar refractivity (Wildman–Crippen MR) is 83.6 cm³/mol. The van der Waals surface area contributed by atoms with Crippen LogP contribution in [0.5, 0.6) is 0 Å². The number of aromatic nitrogens is 4. The summed E-state index contributed by atoms with van der Waals surface area (Å²) in [5, 5.41) is 14.5. The Labute approximate surface area is 135 Å². The Hall–Kier alpha value is -2.44. The summed E-state index contributed by atoms with van der Waals surface area (Å²) in [4.78, 5) is 12.3. The minimum absolute atomic E-state index is 0.306. The standard InChI is InChI=1S/C14H9Cl2N5O/c15-10-6-5-9(7-11(10)16)14(22)18-12-3-1-2-4-13(12)21-8-17-19-20-21/h1-8H,(H,18,22). The zero-order chi connectivity index (χ0) is 15.5. The maximum absolute atomic E-state index is 12.3. The fraction of sp³-hybridized carbons (Fsp3) is 0. The van der Waals surface area contributed by atoms with Gasteiger partial charge >= 0.3 is 0 Å². The number of benzene rings is 2. The fourth-order valence-corrected chi connectivity index (χ4v) is 2.18. The van der Waals surface area contributed by atoms with Gasteiger partial charge in [0.25, 0.3) is 5.91 Å². The summed E-state index contributed by atoms with van der Waals surface area (Å²) in [6.07, 6.45) is 1.45. The number of halogens is 2. The molecule has 0 unspecified atom stereocenters. The van der Waals surface area contributed by atoms with Crippen LogP contribution in [-0.4, -0.2) is 26.1 Å². The van der Waals surface area contributed by atoms with Gasteiger partial charge < -0.3 is 5.32 Å². The Bertz CT molecular complexity index is 820. The Morgan fingerprint density at radius 3 is 2.64 bits per heavy atom. The highest BCUT2D eigenvalue weighted by Gasteiger charge is 2.12. The molecule has 1 aromatic heterocycles. The van der Waals surface area contributed by atoms with Gasteiger partial charge in [-0.3, -0.25) is 4.79 Å². The zero-order valence-corrected chi connectivity index (χ0v) is 12.6. The molecule has 2 aromatic carbocycles. The topological polar surface area (TPSA) is 72.7 Å². The second-order valence-corrected chi connectivity index (χ2v) is 5.17. The third-order valence-electron chi connectivity index (χ3n) is 2.93. The molecule has 110 valence electrons. The van der Waals surface area contributed by atoms with Crippen LogP contribution >= 0.6 is 23.2 Å². The van der Waals surface area contributed by atoms with Crippen molar-refractivity contribution in [1.82, 2.24) is 20.2 Å². The van der Waals surface area contributed by atoms with Gasteiger partial charge in [0.15, 0.2) is 0 Å². The van der Waals surface area contributed by atoms with Crippen LogP contribution in [0.15, 0.2) is 48.8 Å². The van der Waals surface area contributed by atoms with Crippen molar-refractivity contribution in [3.05, 3.63) is 64.4 Å². The monoisotopic (exact) mass is 333 g/mol. The van der Waals surface area contributed by atoms with Gasteiger partial charge in [0.05, 0.1) is 21.4 Å². The van der Waals surface area contributed by atoms with Crippen molar-refractivity contribution in [1.29, 1.82) is 0 Å². The van der Waals surface area contributed by atoms with Crippen LogP contribution in [0.2, 0.25) is 10.0 Å². The number of para-hydroxylation sites is 2. The molecule has 0 aliphatic rings. The van der Waals surface area contributed by atoms with Gasteiger partial charge in [0, 0.05) is 5.56 Å². The summed E-state index contributed by atoms with van der Waals surface area (Å²) in [5.74, 6) is -0.306. The van der Waals surface area contributed by atoms with Crippen molar-refractivity contribution in [3.63, 3.8) is 0 Å². The molecule has 0 radical (unpaired) electrons. The van der Waals surface area contributed by atoms with E-state index in [0.29, 0.717) is 27.0 Å². The van der Waals surface area contributed by atoms with Crippen molar-refractivity contribution in [2.45, 2.75) is 0 Å². The molecule has 0 atom stereocenters. The third-order valence-corrected chi connectivity index (χ3v) is 3.67. The van der Waals surface area contributed by atoms with Gasteiger partial charge in [-0.15, -0.1) is 5.10 Å². The van der Waals surface area contributed by atoms with Gasteiger partial charge in [0.1, 0.15) is 6.33 Å².